The van der Waals surface area contributed by atoms with Gasteiger partial charge in [0.1, 0.15) is 6.61 Å². The molecule has 3 aromatic rings. The van der Waals surface area contributed by atoms with Gasteiger partial charge in [0.25, 0.3) is 0 Å². The van der Waals surface area contributed by atoms with Crippen LogP contribution in [0, 0.1) is 6.92 Å². The van der Waals surface area contributed by atoms with E-state index in [2.05, 4.69) is 0 Å². The molecule has 5 nitrogen and oxygen atoms in total. The number of aryl methyl sites for hydroxylation is 1. The summed E-state index contributed by atoms with van der Waals surface area (Å²) in [5.74, 6) is -1.57. The summed E-state index contributed by atoms with van der Waals surface area (Å²) < 4.78 is 10.8. The van der Waals surface area contributed by atoms with Gasteiger partial charge < -0.3 is 14.6 Å². The summed E-state index contributed by atoms with van der Waals surface area (Å²) in [6, 6.07) is 19.7. The second-order valence-corrected chi connectivity index (χ2v) is 6.69. The molecular weight excluding hydrogens is 368 g/mol. The number of hydrogen-bond acceptors (Lipinski definition) is 4. The molecule has 0 heterocycles. The second-order valence-electron chi connectivity index (χ2n) is 6.69. The van der Waals surface area contributed by atoms with E-state index in [4.69, 9.17) is 9.47 Å². The summed E-state index contributed by atoms with van der Waals surface area (Å²) in [4.78, 5) is 24.8. The van der Waals surface area contributed by atoms with Crippen LogP contribution in [-0.4, -0.2) is 24.2 Å². The molecule has 0 aliphatic rings. The molecular formula is C24H22O5. The van der Waals surface area contributed by atoms with Gasteiger partial charge in [0.15, 0.2) is 0 Å². The van der Waals surface area contributed by atoms with Gasteiger partial charge in [-0.25, -0.2) is 9.59 Å². The van der Waals surface area contributed by atoms with Crippen LogP contribution in [0.25, 0.3) is 11.1 Å². The van der Waals surface area contributed by atoms with Gasteiger partial charge in [-0.1, -0.05) is 60.2 Å². The van der Waals surface area contributed by atoms with E-state index in [1.165, 1.54) is 6.07 Å². The number of carbonyl (C=O) groups excluding carboxylic acids is 1. The first-order chi connectivity index (χ1) is 14.0. The van der Waals surface area contributed by atoms with Crippen LogP contribution in [0.3, 0.4) is 0 Å². The lowest BCUT2D eigenvalue weighted by Gasteiger charge is -2.16. The first-order valence-corrected chi connectivity index (χ1v) is 9.17. The predicted molar refractivity (Wildman–Crippen MR) is 110 cm³/mol. The number of ether oxygens (including phenoxy) is 2. The predicted octanol–water partition coefficient (Wildman–Crippen LogP) is 4.86. The molecule has 0 unspecified atom stereocenters. The standard InChI is InChI=1S/C24H22O5/c1-16-11-12-19(22-18(15-28-2)9-6-10-20(22)23(25)26)21(13-16)24(27)29-14-17-7-4-3-5-8-17/h3-13H,14-15H2,1-2H3,(H,25,26). The largest absolute Gasteiger partial charge is 0.478 e. The van der Waals surface area contributed by atoms with E-state index in [0.29, 0.717) is 22.3 Å². The first-order valence-electron chi connectivity index (χ1n) is 9.17. The number of benzene rings is 3. The number of carbonyl (C=O) groups is 2. The van der Waals surface area contributed by atoms with Crippen LogP contribution < -0.4 is 0 Å². The van der Waals surface area contributed by atoms with Crippen LogP contribution in [0.15, 0.2) is 66.7 Å². The van der Waals surface area contributed by atoms with Crippen molar-refractivity contribution in [1.82, 2.24) is 0 Å². The number of esters is 1. The maximum atomic E-state index is 12.9. The lowest BCUT2D eigenvalue weighted by molar-refractivity contribution is 0.0473. The van der Waals surface area contributed by atoms with Crippen molar-refractivity contribution in [3.8, 4) is 11.1 Å². The van der Waals surface area contributed by atoms with Crippen molar-refractivity contribution < 1.29 is 24.2 Å². The Morgan fingerprint density at radius 2 is 1.66 bits per heavy atom. The molecule has 0 fully saturated rings. The van der Waals surface area contributed by atoms with Gasteiger partial charge in [-0.15, -0.1) is 0 Å². The maximum Gasteiger partial charge on any atom is 0.339 e. The number of carboxylic acids is 1. The molecule has 0 atom stereocenters. The molecule has 0 bridgehead atoms. The Labute approximate surface area is 169 Å². The number of aromatic carboxylic acids is 1. The van der Waals surface area contributed by atoms with Crippen molar-refractivity contribution in [2.24, 2.45) is 0 Å². The van der Waals surface area contributed by atoms with Crippen molar-refractivity contribution in [1.29, 1.82) is 0 Å². The molecule has 0 aliphatic heterocycles. The summed E-state index contributed by atoms with van der Waals surface area (Å²) in [5.41, 5.74) is 3.86. The Bertz CT molecular complexity index is 1020. The zero-order valence-corrected chi connectivity index (χ0v) is 16.3. The monoisotopic (exact) mass is 390 g/mol. The Balaban J connectivity index is 2.06. The van der Waals surface area contributed by atoms with Gasteiger partial charge in [-0.05, 0) is 35.7 Å². The van der Waals surface area contributed by atoms with Crippen molar-refractivity contribution >= 4 is 11.9 Å². The Morgan fingerprint density at radius 1 is 0.897 bits per heavy atom. The molecule has 3 rings (SSSR count). The smallest absolute Gasteiger partial charge is 0.339 e. The van der Waals surface area contributed by atoms with Crippen LogP contribution in [0.4, 0.5) is 0 Å². The van der Waals surface area contributed by atoms with Crippen LogP contribution in [0.2, 0.25) is 0 Å². The van der Waals surface area contributed by atoms with Crippen molar-refractivity contribution in [2.75, 3.05) is 7.11 Å². The number of methoxy groups -OCH3 is 1. The van der Waals surface area contributed by atoms with Gasteiger partial charge in [0.05, 0.1) is 17.7 Å². The normalized spacial score (nSPS) is 10.6. The molecule has 0 amide bonds. The Kier molecular flexibility index (Phi) is 6.42. The molecule has 0 aromatic heterocycles. The van der Waals surface area contributed by atoms with Gasteiger partial charge in [-0.3, -0.25) is 0 Å². The molecule has 0 saturated heterocycles. The van der Waals surface area contributed by atoms with E-state index < -0.39 is 11.9 Å². The number of carboxylic acid groups (broad SMARTS) is 1. The highest BCUT2D eigenvalue weighted by Crippen LogP contribution is 2.32. The van der Waals surface area contributed by atoms with E-state index in [-0.39, 0.29) is 18.8 Å². The molecule has 0 saturated carbocycles. The molecule has 0 aliphatic carbocycles. The molecule has 29 heavy (non-hydrogen) atoms. The average Bonchev–Trinajstić information content (AvgIpc) is 2.73. The molecule has 1 N–H and O–H groups in total. The van der Waals surface area contributed by atoms with Gasteiger partial charge in [-0.2, -0.15) is 0 Å². The summed E-state index contributed by atoms with van der Waals surface area (Å²) in [6.07, 6.45) is 0. The zero-order chi connectivity index (χ0) is 20.8. The number of rotatable bonds is 7. The first kappa shape index (κ1) is 20.3. The minimum absolute atomic E-state index is 0.112. The van der Waals surface area contributed by atoms with E-state index in [1.807, 2.05) is 43.3 Å². The fraction of sp³-hybridized carbons (Fsp3) is 0.167. The van der Waals surface area contributed by atoms with Crippen molar-refractivity contribution in [3.05, 3.63) is 94.5 Å². The summed E-state index contributed by atoms with van der Waals surface area (Å²) >= 11 is 0. The van der Waals surface area contributed by atoms with Crippen molar-refractivity contribution in [2.45, 2.75) is 20.1 Å². The molecule has 3 aromatic carbocycles. The van der Waals surface area contributed by atoms with Crippen molar-refractivity contribution in [3.63, 3.8) is 0 Å². The molecule has 5 heteroatoms. The van der Waals surface area contributed by atoms with E-state index >= 15 is 0 Å². The van der Waals surface area contributed by atoms with Crippen LogP contribution in [0.1, 0.15) is 37.4 Å². The maximum absolute atomic E-state index is 12.9. The highest BCUT2D eigenvalue weighted by atomic mass is 16.5. The fourth-order valence-electron chi connectivity index (χ4n) is 3.22. The minimum atomic E-state index is -1.07. The minimum Gasteiger partial charge on any atom is -0.478 e. The summed E-state index contributed by atoms with van der Waals surface area (Å²) in [7, 11) is 1.54. The third kappa shape index (κ3) is 4.70. The van der Waals surface area contributed by atoms with Gasteiger partial charge in [0.2, 0.25) is 0 Å². The van der Waals surface area contributed by atoms with E-state index in [9.17, 15) is 14.7 Å². The Morgan fingerprint density at radius 3 is 2.34 bits per heavy atom. The molecule has 0 radical (unpaired) electrons. The topological polar surface area (TPSA) is 72.8 Å². The third-order valence-corrected chi connectivity index (χ3v) is 4.56. The van der Waals surface area contributed by atoms with Crippen LogP contribution >= 0.6 is 0 Å². The highest BCUT2D eigenvalue weighted by molar-refractivity contribution is 6.03. The summed E-state index contributed by atoms with van der Waals surface area (Å²) in [6.45, 7) is 2.23. The van der Waals surface area contributed by atoms with E-state index in [0.717, 1.165) is 11.1 Å². The quantitative estimate of drug-likeness (QED) is 0.583. The average molecular weight is 390 g/mol. The second kappa shape index (κ2) is 9.17. The highest BCUT2D eigenvalue weighted by Gasteiger charge is 2.22. The van der Waals surface area contributed by atoms with Gasteiger partial charge in [0, 0.05) is 12.7 Å². The van der Waals surface area contributed by atoms with E-state index in [1.54, 1.807) is 31.4 Å². The number of hydrogen-bond donors (Lipinski definition) is 1. The SMILES string of the molecule is COCc1cccc(C(=O)O)c1-c1ccc(C)cc1C(=O)OCc1ccccc1. The van der Waals surface area contributed by atoms with Gasteiger partial charge >= 0.3 is 11.9 Å². The molecule has 148 valence electrons. The fourth-order valence-corrected chi connectivity index (χ4v) is 3.22. The Hall–Kier alpha value is -3.44. The molecule has 0 spiro atoms. The zero-order valence-electron chi connectivity index (χ0n) is 16.3. The van der Waals surface area contributed by atoms with Crippen LogP contribution in [0.5, 0.6) is 0 Å². The van der Waals surface area contributed by atoms with Crippen LogP contribution in [-0.2, 0) is 22.7 Å². The lowest BCUT2D eigenvalue weighted by Crippen LogP contribution is -2.10. The third-order valence-electron chi connectivity index (χ3n) is 4.56. The lowest BCUT2D eigenvalue weighted by atomic mass is 9.90. The summed E-state index contributed by atoms with van der Waals surface area (Å²) in [5, 5.41) is 9.70.